The van der Waals surface area contributed by atoms with Crippen molar-refractivity contribution in [2.45, 2.75) is 32.9 Å². The van der Waals surface area contributed by atoms with Crippen molar-refractivity contribution in [1.29, 1.82) is 0 Å². The van der Waals surface area contributed by atoms with Crippen molar-refractivity contribution < 1.29 is 9.53 Å². The number of carbonyl (C=O) groups is 1. The second-order valence-electron chi connectivity index (χ2n) is 8.98. The van der Waals surface area contributed by atoms with Gasteiger partial charge in [-0.15, -0.1) is 0 Å². The van der Waals surface area contributed by atoms with Crippen molar-refractivity contribution in [3.8, 4) is 28.3 Å². The van der Waals surface area contributed by atoms with E-state index in [0.29, 0.717) is 18.1 Å². The lowest BCUT2D eigenvalue weighted by molar-refractivity contribution is -0.123. The summed E-state index contributed by atoms with van der Waals surface area (Å²) in [6.07, 6.45) is 4.50. The van der Waals surface area contributed by atoms with Gasteiger partial charge in [-0.05, 0) is 43.7 Å². The van der Waals surface area contributed by atoms with Crippen LogP contribution in [0.15, 0.2) is 60.9 Å². The zero-order valence-corrected chi connectivity index (χ0v) is 20.3. The molecule has 1 amide bonds. The van der Waals surface area contributed by atoms with Gasteiger partial charge in [0.15, 0.2) is 12.4 Å². The average Bonchev–Trinajstić information content (AvgIpc) is 3.43. The molecule has 184 valence electrons. The summed E-state index contributed by atoms with van der Waals surface area (Å²) in [4.78, 5) is 21.7. The monoisotopic (exact) mass is 483 g/mol. The van der Waals surface area contributed by atoms with Gasteiger partial charge >= 0.3 is 0 Å². The van der Waals surface area contributed by atoms with Gasteiger partial charge in [0.25, 0.3) is 5.91 Å². The van der Waals surface area contributed by atoms with Gasteiger partial charge in [-0.25, -0.2) is 9.97 Å². The summed E-state index contributed by atoms with van der Waals surface area (Å²) in [7, 11) is 0. The zero-order valence-electron chi connectivity index (χ0n) is 20.3. The van der Waals surface area contributed by atoms with Crippen LogP contribution in [-0.4, -0.2) is 45.3 Å². The van der Waals surface area contributed by atoms with Gasteiger partial charge in [-0.3, -0.25) is 9.89 Å². The van der Waals surface area contributed by atoms with Crippen LogP contribution in [0.1, 0.15) is 25.1 Å². The molecule has 1 aliphatic heterocycles. The van der Waals surface area contributed by atoms with E-state index < -0.39 is 0 Å². The molecule has 3 heterocycles. The lowest BCUT2D eigenvalue weighted by atomic mass is 10.1. The summed E-state index contributed by atoms with van der Waals surface area (Å²) in [6, 6.07) is 15.8. The fourth-order valence-corrected chi connectivity index (χ4v) is 4.10. The molecule has 0 unspecified atom stereocenters. The lowest BCUT2D eigenvalue weighted by Crippen LogP contribution is -2.34. The fraction of sp³-hybridized carbons (Fsp3) is 0.259. The van der Waals surface area contributed by atoms with Crippen molar-refractivity contribution in [3.05, 3.63) is 72.2 Å². The molecule has 4 aromatic rings. The molecule has 9 nitrogen and oxygen atoms in total. The maximum Gasteiger partial charge on any atom is 0.258 e. The van der Waals surface area contributed by atoms with Gasteiger partial charge in [0.05, 0.1) is 11.9 Å². The first-order chi connectivity index (χ1) is 17.5. The van der Waals surface area contributed by atoms with Crippen molar-refractivity contribution in [1.82, 2.24) is 30.8 Å². The first kappa shape index (κ1) is 23.5. The average molecular weight is 484 g/mol. The van der Waals surface area contributed by atoms with Crippen LogP contribution < -0.4 is 20.7 Å². The van der Waals surface area contributed by atoms with Gasteiger partial charge in [-0.2, -0.15) is 5.10 Å². The molecule has 0 atom stereocenters. The smallest absolute Gasteiger partial charge is 0.258 e. The normalized spacial score (nSPS) is 12.8. The number of nitrogens with one attached hydrogen (secondary N) is 4. The molecule has 0 spiro atoms. The summed E-state index contributed by atoms with van der Waals surface area (Å²) >= 11 is 0. The summed E-state index contributed by atoms with van der Waals surface area (Å²) in [5, 5.41) is 16.6. The Morgan fingerprint density at radius 3 is 2.72 bits per heavy atom. The molecule has 2 aromatic carbocycles. The Morgan fingerprint density at radius 1 is 1.08 bits per heavy atom. The third kappa shape index (κ3) is 5.52. The van der Waals surface area contributed by atoms with Crippen LogP contribution in [0.2, 0.25) is 0 Å². The number of H-pyrrole nitrogens is 1. The Bertz CT molecular complexity index is 1340. The second-order valence-corrected chi connectivity index (χ2v) is 8.98. The molecule has 5 rings (SSSR count). The topological polar surface area (TPSA) is 117 Å². The minimum absolute atomic E-state index is 0.0417. The molecule has 9 heteroatoms. The van der Waals surface area contributed by atoms with Crippen LogP contribution in [0.5, 0.6) is 5.75 Å². The number of carbonyl (C=O) groups excluding carboxylic acids is 1. The minimum atomic E-state index is -0.154. The predicted octanol–water partition coefficient (Wildman–Crippen LogP) is 3.83. The molecular formula is C27H29N7O2. The third-order valence-electron chi connectivity index (χ3n) is 5.82. The van der Waals surface area contributed by atoms with E-state index in [9.17, 15) is 4.79 Å². The summed E-state index contributed by atoms with van der Waals surface area (Å²) < 4.78 is 5.71. The van der Waals surface area contributed by atoms with E-state index in [4.69, 9.17) is 14.7 Å². The van der Waals surface area contributed by atoms with Crippen LogP contribution in [-0.2, 0) is 17.8 Å². The van der Waals surface area contributed by atoms with Gasteiger partial charge < -0.3 is 20.7 Å². The standard InChI is InChI=1S/C27H29N7O2/c1-17(2)31-25(35)16-36-22-5-3-4-19(12-22)26-33-24-10-11-28-15-23(24)27(34-26)32-21-8-6-18(7-9-21)20-13-29-30-14-20/h3-9,12-14,17,28H,10-11,15-16H2,1-2H3,(H,29,30)(H,31,35)(H,32,33,34). The van der Waals surface area contributed by atoms with Crippen molar-refractivity contribution in [2.75, 3.05) is 18.5 Å². The highest BCUT2D eigenvalue weighted by atomic mass is 16.5. The van der Waals surface area contributed by atoms with E-state index >= 15 is 0 Å². The molecule has 0 bridgehead atoms. The van der Waals surface area contributed by atoms with Crippen molar-refractivity contribution in [2.24, 2.45) is 0 Å². The minimum Gasteiger partial charge on any atom is -0.484 e. The van der Waals surface area contributed by atoms with Crippen LogP contribution >= 0.6 is 0 Å². The molecule has 0 radical (unpaired) electrons. The Hall–Kier alpha value is -4.24. The molecule has 0 aliphatic carbocycles. The fourth-order valence-electron chi connectivity index (χ4n) is 4.10. The number of benzene rings is 2. The van der Waals surface area contributed by atoms with Crippen molar-refractivity contribution >= 4 is 17.4 Å². The number of aromatic nitrogens is 4. The molecule has 1 aliphatic rings. The Balaban J connectivity index is 1.39. The van der Waals surface area contributed by atoms with Gasteiger partial charge in [-0.1, -0.05) is 24.3 Å². The quantitative estimate of drug-likeness (QED) is 0.301. The molecule has 4 N–H and O–H groups in total. The number of rotatable bonds is 8. The van der Waals surface area contributed by atoms with E-state index in [0.717, 1.165) is 52.4 Å². The summed E-state index contributed by atoms with van der Waals surface area (Å²) in [5.74, 6) is 1.84. The molecule has 0 fully saturated rings. The second kappa shape index (κ2) is 10.6. The number of aromatic amines is 1. The van der Waals surface area contributed by atoms with Gasteiger partial charge in [0.2, 0.25) is 0 Å². The molecule has 0 saturated heterocycles. The van der Waals surface area contributed by atoms with Gasteiger partial charge in [0, 0.05) is 54.1 Å². The van der Waals surface area contributed by atoms with E-state index in [1.807, 2.05) is 56.4 Å². The highest BCUT2D eigenvalue weighted by Gasteiger charge is 2.19. The van der Waals surface area contributed by atoms with Gasteiger partial charge in [0.1, 0.15) is 11.6 Å². The Morgan fingerprint density at radius 2 is 1.94 bits per heavy atom. The van der Waals surface area contributed by atoms with Crippen LogP contribution in [0.4, 0.5) is 11.5 Å². The third-order valence-corrected chi connectivity index (χ3v) is 5.82. The van der Waals surface area contributed by atoms with Crippen LogP contribution in [0, 0.1) is 0 Å². The largest absolute Gasteiger partial charge is 0.484 e. The number of ether oxygens (including phenoxy) is 1. The van der Waals surface area contributed by atoms with E-state index in [1.165, 1.54) is 0 Å². The summed E-state index contributed by atoms with van der Waals surface area (Å²) in [6.45, 7) is 5.37. The number of amides is 1. The maximum absolute atomic E-state index is 12.0. The van der Waals surface area contributed by atoms with E-state index in [1.54, 1.807) is 6.20 Å². The van der Waals surface area contributed by atoms with Crippen LogP contribution in [0.3, 0.4) is 0 Å². The molecule has 0 saturated carbocycles. The maximum atomic E-state index is 12.0. The number of hydrogen-bond donors (Lipinski definition) is 4. The molecule has 36 heavy (non-hydrogen) atoms. The molecule has 2 aromatic heterocycles. The summed E-state index contributed by atoms with van der Waals surface area (Å²) in [5.41, 5.74) is 5.99. The highest BCUT2D eigenvalue weighted by Crippen LogP contribution is 2.29. The van der Waals surface area contributed by atoms with E-state index in [2.05, 4.69) is 38.3 Å². The van der Waals surface area contributed by atoms with Crippen molar-refractivity contribution in [3.63, 3.8) is 0 Å². The number of anilines is 2. The first-order valence-corrected chi connectivity index (χ1v) is 12.0. The number of hydrogen-bond acceptors (Lipinski definition) is 7. The number of fused-ring (bicyclic) bond motifs is 1. The van der Waals surface area contributed by atoms with E-state index in [-0.39, 0.29) is 18.6 Å². The highest BCUT2D eigenvalue weighted by molar-refractivity contribution is 5.77. The predicted molar refractivity (Wildman–Crippen MR) is 139 cm³/mol. The molecular weight excluding hydrogens is 454 g/mol. The Labute approximate surface area is 209 Å². The lowest BCUT2D eigenvalue weighted by Gasteiger charge is -2.21. The Kier molecular flexibility index (Phi) is 6.90. The zero-order chi connectivity index (χ0) is 24.9. The number of nitrogens with zero attached hydrogens (tertiary/aromatic N) is 3. The SMILES string of the molecule is CC(C)NC(=O)COc1cccc(-c2nc3c(c(Nc4ccc(-c5cn[nH]c5)cc4)n2)CNCC3)c1. The first-order valence-electron chi connectivity index (χ1n) is 12.0. The van der Waals surface area contributed by atoms with Crippen LogP contribution in [0.25, 0.3) is 22.5 Å².